The quantitative estimate of drug-likeness (QED) is 0.311. The van der Waals surface area contributed by atoms with Crippen molar-refractivity contribution in [1.29, 1.82) is 0 Å². The summed E-state index contributed by atoms with van der Waals surface area (Å²) in [6.45, 7) is 3.98. The zero-order valence-electron chi connectivity index (χ0n) is 18.2. The Labute approximate surface area is 196 Å². The predicted molar refractivity (Wildman–Crippen MR) is 131 cm³/mol. The van der Waals surface area contributed by atoms with Crippen LogP contribution in [0.3, 0.4) is 0 Å². The molecule has 3 aromatic rings. The summed E-state index contributed by atoms with van der Waals surface area (Å²) in [6.07, 6.45) is 1.73. The SMILES string of the molecule is Cc1cc(C)cc(NC(=O)C(Sc2ccc(NC(=O)/C=C/C(=O)O)cc2)c2ccccc2)c1. The van der Waals surface area contributed by atoms with Crippen LogP contribution in [0.2, 0.25) is 0 Å². The van der Waals surface area contributed by atoms with Gasteiger partial charge in [0, 0.05) is 28.4 Å². The monoisotopic (exact) mass is 460 g/mol. The second-order valence-corrected chi connectivity index (χ2v) is 8.64. The minimum absolute atomic E-state index is 0.132. The summed E-state index contributed by atoms with van der Waals surface area (Å²) in [4.78, 5) is 36.4. The van der Waals surface area contributed by atoms with Crippen LogP contribution in [-0.2, 0) is 14.4 Å². The first kappa shape index (κ1) is 23.8. The summed E-state index contributed by atoms with van der Waals surface area (Å²) in [6, 6.07) is 22.5. The fraction of sp³-hybridized carbons (Fsp3) is 0.115. The van der Waals surface area contributed by atoms with Gasteiger partial charge in [-0.15, -0.1) is 11.8 Å². The molecule has 3 N–H and O–H groups in total. The normalized spacial score (nSPS) is 11.7. The van der Waals surface area contributed by atoms with Crippen LogP contribution in [0.5, 0.6) is 0 Å². The number of carbonyl (C=O) groups excluding carboxylic acids is 2. The van der Waals surface area contributed by atoms with Crippen LogP contribution in [0.1, 0.15) is 21.9 Å². The molecule has 0 aliphatic rings. The molecule has 0 heterocycles. The van der Waals surface area contributed by atoms with E-state index in [4.69, 9.17) is 5.11 Å². The number of aryl methyl sites for hydroxylation is 2. The number of benzene rings is 3. The van der Waals surface area contributed by atoms with Gasteiger partial charge in [0.2, 0.25) is 11.8 Å². The molecule has 0 radical (unpaired) electrons. The maximum Gasteiger partial charge on any atom is 0.328 e. The van der Waals surface area contributed by atoms with Crippen LogP contribution in [-0.4, -0.2) is 22.9 Å². The van der Waals surface area contributed by atoms with Crippen molar-refractivity contribution in [3.8, 4) is 0 Å². The van der Waals surface area contributed by atoms with E-state index in [1.165, 1.54) is 11.8 Å². The molecule has 0 aromatic heterocycles. The Morgan fingerprint density at radius 1 is 0.818 bits per heavy atom. The minimum Gasteiger partial charge on any atom is -0.478 e. The van der Waals surface area contributed by atoms with E-state index in [0.717, 1.165) is 39.4 Å². The number of aliphatic carboxylic acids is 1. The standard InChI is InChI=1S/C26H24N2O4S/c1-17-14-18(2)16-21(15-17)28-26(32)25(19-6-4-3-5-7-19)33-22-10-8-20(9-11-22)27-23(29)12-13-24(30)31/h3-16,25H,1-2H3,(H,27,29)(H,28,32)(H,30,31)/b13-12+. The molecule has 0 aliphatic heterocycles. The number of nitrogens with one attached hydrogen (secondary N) is 2. The van der Waals surface area contributed by atoms with Crippen LogP contribution >= 0.6 is 11.8 Å². The van der Waals surface area contributed by atoms with Crippen molar-refractivity contribution in [2.45, 2.75) is 24.0 Å². The molecule has 33 heavy (non-hydrogen) atoms. The molecule has 0 saturated carbocycles. The largest absolute Gasteiger partial charge is 0.478 e. The smallest absolute Gasteiger partial charge is 0.328 e. The first-order chi connectivity index (χ1) is 15.8. The number of rotatable bonds is 8. The van der Waals surface area contributed by atoms with Crippen molar-refractivity contribution in [1.82, 2.24) is 0 Å². The van der Waals surface area contributed by atoms with E-state index in [2.05, 4.69) is 16.7 Å². The average molecular weight is 461 g/mol. The number of hydrogen-bond acceptors (Lipinski definition) is 4. The van der Waals surface area contributed by atoms with Gasteiger partial charge in [0.05, 0.1) is 0 Å². The molecule has 2 amide bonds. The number of thioether (sulfide) groups is 1. The van der Waals surface area contributed by atoms with Crippen molar-refractivity contribution in [2.24, 2.45) is 0 Å². The lowest BCUT2D eigenvalue weighted by Crippen LogP contribution is -2.19. The topological polar surface area (TPSA) is 95.5 Å². The van der Waals surface area contributed by atoms with Gasteiger partial charge in [-0.2, -0.15) is 0 Å². The van der Waals surface area contributed by atoms with Gasteiger partial charge in [-0.25, -0.2) is 4.79 Å². The van der Waals surface area contributed by atoms with Crippen molar-refractivity contribution < 1.29 is 19.5 Å². The highest BCUT2D eigenvalue weighted by atomic mass is 32.2. The maximum atomic E-state index is 13.2. The summed E-state index contributed by atoms with van der Waals surface area (Å²) in [5, 5.41) is 13.8. The first-order valence-electron chi connectivity index (χ1n) is 10.2. The lowest BCUT2D eigenvalue weighted by molar-refractivity contribution is -0.131. The number of carboxylic acids is 1. The van der Waals surface area contributed by atoms with Gasteiger partial charge < -0.3 is 15.7 Å². The van der Waals surface area contributed by atoms with Gasteiger partial charge in [0.1, 0.15) is 5.25 Å². The number of carboxylic acid groups (broad SMARTS) is 1. The number of carbonyl (C=O) groups is 3. The molecule has 6 nitrogen and oxygen atoms in total. The third kappa shape index (κ3) is 7.36. The first-order valence-corrected chi connectivity index (χ1v) is 11.1. The maximum absolute atomic E-state index is 13.2. The highest BCUT2D eigenvalue weighted by Crippen LogP contribution is 2.36. The molecule has 0 bridgehead atoms. The number of amides is 2. The molecular formula is C26H24N2O4S. The molecule has 0 fully saturated rings. The Morgan fingerprint density at radius 3 is 2.06 bits per heavy atom. The summed E-state index contributed by atoms with van der Waals surface area (Å²) in [5.74, 6) is -1.86. The van der Waals surface area contributed by atoms with E-state index in [-0.39, 0.29) is 5.91 Å². The zero-order chi connectivity index (χ0) is 23.8. The Kier molecular flexibility index (Phi) is 8.05. The summed E-state index contributed by atoms with van der Waals surface area (Å²) in [5.41, 5.74) is 4.30. The van der Waals surface area contributed by atoms with Crippen LogP contribution in [0, 0.1) is 13.8 Å². The molecule has 1 unspecified atom stereocenters. The summed E-state index contributed by atoms with van der Waals surface area (Å²) in [7, 11) is 0. The molecule has 0 spiro atoms. The highest BCUT2D eigenvalue weighted by Gasteiger charge is 2.22. The van der Waals surface area contributed by atoms with Gasteiger partial charge in [0.25, 0.3) is 0 Å². The minimum atomic E-state index is -1.19. The summed E-state index contributed by atoms with van der Waals surface area (Å²) < 4.78 is 0. The number of anilines is 2. The Bertz CT molecular complexity index is 1150. The van der Waals surface area contributed by atoms with Crippen LogP contribution in [0.4, 0.5) is 11.4 Å². The lowest BCUT2D eigenvalue weighted by atomic mass is 10.1. The van der Waals surface area contributed by atoms with Gasteiger partial charge in [0.15, 0.2) is 0 Å². The molecule has 0 saturated heterocycles. The van der Waals surface area contributed by atoms with Crippen LogP contribution in [0.15, 0.2) is 89.8 Å². The molecule has 168 valence electrons. The van der Waals surface area contributed by atoms with Crippen molar-refractivity contribution in [2.75, 3.05) is 10.6 Å². The highest BCUT2D eigenvalue weighted by molar-refractivity contribution is 8.00. The van der Waals surface area contributed by atoms with Gasteiger partial charge in [-0.3, -0.25) is 9.59 Å². The molecular weight excluding hydrogens is 436 g/mol. The van der Waals surface area contributed by atoms with Gasteiger partial charge in [-0.1, -0.05) is 36.4 Å². The molecule has 1 atom stereocenters. The van der Waals surface area contributed by atoms with Crippen LogP contribution < -0.4 is 10.6 Å². The average Bonchev–Trinajstić information content (AvgIpc) is 2.77. The molecule has 3 rings (SSSR count). The Morgan fingerprint density at radius 2 is 1.45 bits per heavy atom. The van der Waals surface area contributed by atoms with E-state index in [9.17, 15) is 14.4 Å². The van der Waals surface area contributed by atoms with E-state index >= 15 is 0 Å². The fourth-order valence-electron chi connectivity index (χ4n) is 3.24. The van der Waals surface area contributed by atoms with Crippen molar-refractivity contribution >= 4 is 40.9 Å². The van der Waals surface area contributed by atoms with Crippen LogP contribution in [0.25, 0.3) is 0 Å². The lowest BCUT2D eigenvalue weighted by Gasteiger charge is -2.18. The third-order valence-electron chi connectivity index (χ3n) is 4.58. The third-order valence-corrected chi connectivity index (χ3v) is 5.85. The molecule has 3 aromatic carbocycles. The van der Waals surface area contributed by atoms with Gasteiger partial charge >= 0.3 is 5.97 Å². The van der Waals surface area contributed by atoms with E-state index < -0.39 is 17.1 Å². The fourth-order valence-corrected chi connectivity index (χ4v) is 4.26. The van der Waals surface area contributed by atoms with E-state index in [0.29, 0.717) is 5.69 Å². The second kappa shape index (κ2) is 11.2. The second-order valence-electron chi connectivity index (χ2n) is 7.46. The Balaban J connectivity index is 1.76. The van der Waals surface area contributed by atoms with Crippen molar-refractivity contribution in [3.63, 3.8) is 0 Å². The zero-order valence-corrected chi connectivity index (χ0v) is 19.1. The van der Waals surface area contributed by atoms with E-state index in [1.54, 1.807) is 24.3 Å². The summed E-state index contributed by atoms with van der Waals surface area (Å²) >= 11 is 1.40. The predicted octanol–water partition coefficient (Wildman–Crippen LogP) is 5.35. The number of hydrogen-bond donors (Lipinski definition) is 3. The van der Waals surface area contributed by atoms with E-state index in [1.807, 2.05) is 56.3 Å². The molecule has 7 heteroatoms. The van der Waals surface area contributed by atoms with Crippen molar-refractivity contribution in [3.05, 3.63) is 102 Å². The van der Waals surface area contributed by atoms with Gasteiger partial charge in [-0.05, 0) is 66.9 Å². The molecule has 0 aliphatic carbocycles. The Hall–Kier alpha value is -3.84.